The van der Waals surface area contributed by atoms with Crippen LogP contribution in [0.5, 0.6) is 0 Å². The van der Waals surface area contributed by atoms with Crippen LogP contribution in [-0.2, 0) is 14.3 Å². The molecule has 0 amide bonds. The van der Waals surface area contributed by atoms with Crippen molar-refractivity contribution in [3.63, 3.8) is 0 Å². The molecule has 0 saturated carbocycles. The van der Waals surface area contributed by atoms with E-state index in [9.17, 15) is 19.8 Å². The van der Waals surface area contributed by atoms with Crippen LogP contribution in [0.2, 0.25) is 0 Å². The number of aliphatic hydroxyl groups is 2. The minimum atomic E-state index is -1.18. The fraction of sp³-hybridized carbons (Fsp3) is 0.630. The van der Waals surface area contributed by atoms with Crippen LogP contribution in [-0.4, -0.2) is 33.5 Å². The maximum atomic E-state index is 13.9. The molecule has 178 valence electrons. The molecule has 2 rings (SSSR count). The largest absolute Gasteiger partial charge is 0.507 e. The average molecular weight is 445 g/mol. The first-order valence-corrected chi connectivity index (χ1v) is 11.6. The number of allylic oxidation sites excluding steroid dienone is 7. The fourth-order valence-corrected chi connectivity index (χ4v) is 4.21. The lowest BCUT2D eigenvalue weighted by molar-refractivity contribution is -0.127. The van der Waals surface area contributed by atoms with Gasteiger partial charge in [-0.15, -0.1) is 0 Å². The van der Waals surface area contributed by atoms with Gasteiger partial charge in [0, 0.05) is 18.4 Å². The maximum absolute atomic E-state index is 13.9. The second-order valence-corrected chi connectivity index (χ2v) is 10.7. The summed E-state index contributed by atoms with van der Waals surface area (Å²) in [5, 5.41) is 21.9. The molecule has 32 heavy (non-hydrogen) atoms. The number of carbonyl (C=O) groups excluding carboxylic acids is 2. The van der Waals surface area contributed by atoms with E-state index in [4.69, 9.17) is 4.74 Å². The van der Waals surface area contributed by atoms with Crippen molar-refractivity contribution in [2.45, 2.75) is 99.2 Å². The van der Waals surface area contributed by atoms with Gasteiger partial charge in [0.05, 0.1) is 11.0 Å². The van der Waals surface area contributed by atoms with Crippen molar-refractivity contribution in [1.29, 1.82) is 0 Å². The molecular weight excluding hydrogens is 404 g/mol. The summed E-state index contributed by atoms with van der Waals surface area (Å²) in [6.45, 7) is 15.2. The van der Waals surface area contributed by atoms with Gasteiger partial charge in [-0.2, -0.15) is 0 Å². The predicted octanol–water partition coefficient (Wildman–Crippen LogP) is 5.90. The third kappa shape index (κ3) is 5.43. The minimum absolute atomic E-state index is 0.103. The first-order chi connectivity index (χ1) is 14.7. The highest BCUT2D eigenvalue weighted by molar-refractivity contribution is 6.24. The Morgan fingerprint density at radius 1 is 1.19 bits per heavy atom. The van der Waals surface area contributed by atoms with Crippen LogP contribution in [0.3, 0.4) is 0 Å². The van der Waals surface area contributed by atoms with Crippen LogP contribution in [0.4, 0.5) is 0 Å². The Bertz CT molecular complexity index is 883. The molecule has 0 aromatic rings. The number of rotatable bonds is 9. The molecule has 0 bridgehead atoms. The highest BCUT2D eigenvalue weighted by atomic mass is 16.5. The topological polar surface area (TPSA) is 83.8 Å². The van der Waals surface area contributed by atoms with Crippen molar-refractivity contribution < 1.29 is 24.5 Å². The average Bonchev–Trinajstić information content (AvgIpc) is 3.06. The van der Waals surface area contributed by atoms with Gasteiger partial charge in [-0.25, -0.2) is 0 Å². The summed E-state index contributed by atoms with van der Waals surface area (Å²) in [5.74, 6) is -0.254. The molecule has 1 heterocycles. The lowest BCUT2D eigenvalue weighted by Crippen LogP contribution is -2.40. The van der Waals surface area contributed by atoms with Crippen molar-refractivity contribution in [3.8, 4) is 0 Å². The molecule has 1 fully saturated rings. The summed E-state index contributed by atoms with van der Waals surface area (Å²) >= 11 is 0. The van der Waals surface area contributed by atoms with E-state index in [1.54, 1.807) is 13.8 Å². The second kappa shape index (κ2) is 9.78. The van der Waals surface area contributed by atoms with E-state index in [1.165, 1.54) is 0 Å². The highest BCUT2D eigenvalue weighted by Gasteiger charge is 2.58. The van der Waals surface area contributed by atoms with Gasteiger partial charge in [0.25, 0.3) is 0 Å². The molecule has 0 unspecified atom stereocenters. The molecule has 0 aromatic heterocycles. The number of Topliss-reactive ketones (excluding diaryl/α,β-unsaturated/α-hetero) is 2. The normalized spacial score (nSPS) is 23.3. The SMILES string of the molecule is CC(C)=CCC1=C2O[C@@H](C(C)(C)O)C[C@]2(CC=C(C)C)C(=O)C(C(=O)CCC(C)C)=C1O. The van der Waals surface area contributed by atoms with Gasteiger partial charge in [-0.1, -0.05) is 37.1 Å². The van der Waals surface area contributed by atoms with Crippen LogP contribution >= 0.6 is 0 Å². The quantitative estimate of drug-likeness (QED) is 0.342. The molecule has 0 radical (unpaired) electrons. The van der Waals surface area contributed by atoms with Crippen molar-refractivity contribution in [2.75, 3.05) is 0 Å². The van der Waals surface area contributed by atoms with Crippen LogP contribution in [0.15, 0.2) is 46.0 Å². The number of fused-ring (bicyclic) bond motifs is 1. The zero-order chi connectivity index (χ0) is 24.4. The first kappa shape index (κ1) is 26.1. The summed E-state index contributed by atoms with van der Waals surface area (Å²) in [6.07, 6.45) is 5.15. The van der Waals surface area contributed by atoms with E-state index < -0.39 is 17.1 Å². The Morgan fingerprint density at radius 2 is 1.78 bits per heavy atom. The third-order valence-corrected chi connectivity index (χ3v) is 6.28. The Kier molecular flexibility index (Phi) is 7.98. The Hall–Kier alpha value is -2.14. The minimum Gasteiger partial charge on any atom is -0.507 e. The number of hydrogen-bond donors (Lipinski definition) is 2. The monoisotopic (exact) mass is 444 g/mol. The molecule has 1 aliphatic heterocycles. The van der Waals surface area contributed by atoms with Crippen LogP contribution in [0, 0.1) is 11.3 Å². The van der Waals surface area contributed by atoms with Crippen molar-refractivity contribution in [1.82, 2.24) is 0 Å². The van der Waals surface area contributed by atoms with Crippen molar-refractivity contribution >= 4 is 11.6 Å². The summed E-state index contributed by atoms with van der Waals surface area (Å²) in [7, 11) is 0. The van der Waals surface area contributed by atoms with Gasteiger partial charge in [-0.3, -0.25) is 9.59 Å². The van der Waals surface area contributed by atoms with Crippen LogP contribution in [0.25, 0.3) is 0 Å². The lowest BCUT2D eigenvalue weighted by Gasteiger charge is -2.33. The van der Waals surface area contributed by atoms with Gasteiger partial charge in [0.1, 0.15) is 23.2 Å². The summed E-state index contributed by atoms with van der Waals surface area (Å²) in [5.41, 5.74) is 0.211. The highest BCUT2D eigenvalue weighted by Crippen LogP contribution is 2.55. The number of hydrogen-bond acceptors (Lipinski definition) is 5. The molecule has 2 N–H and O–H groups in total. The molecular formula is C27H40O5. The van der Waals surface area contributed by atoms with Crippen LogP contribution < -0.4 is 0 Å². The van der Waals surface area contributed by atoms with E-state index in [0.29, 0.717) is 36.5 Å². The maximum Gasteiger partial charge on any atom is 0.184 e. The molecule has 0 spiro atoms. The molecule has 1 saturated heterocycles. The fourth-order valence-electron chi connectivity index (χ4n) is 4.21. The van der Waals surface area contributed by atoms with Gasteiger partial charge < -0.3 is 14.9 Å². The first-order valence-electron chi connectivity index (χ1n) is 11.6. The Balaban J connectivity index is 2.72. The summed E-state index contributed by atoms with van der Waals surface area (Å²) < 4.78 is 6.22. The summed E-state index contributed by atoms with van der Waals surface area (Å²) in [4.78, 5) is 27.1. The van der Waals surface area contributed by atoms with Gasteiger partial charge >= 0.3 is 0 Å². The van der Waals surface area contributed by atoms with E-state index in [2.05, 4.69) is 0 Å². The number of ether oxygens (including phenoxy) is 1. The predicted molar refractivity (Wildman–Crippen MR) is 127 cm³/mol. The number of carbonyl (C=O) groups is 2. The van der Waals surface area contributed by atoms with Gasteiger partial charge in [-0.05, 0) is 66.7 Å². The Morgan fingerprint density at radius 3 is 2.28 bits per heavy atom. The Labute approximate surface area is 192 Å². The van der Waals surface area contributed by atoms with Crippen LogP contribution in [0.1, 0.15) is 87.5 Å². The lowest BCUT2D eigenvalue weighted by atomic mass is 9.66. The zero-order valence-corrected chi connectivity index (χ0v) is 21.0. The number of aliphatic hydroxyl groups excluding tert-OH is 1. The van der Waals surface area contributed by atoms with E-state index in [0.717, 1.165) is 11.1 Å². The van der Waals surface area contributed by atoms with Gasteiger partial charge in [0.2, 0.25) is 0 Å². The molecule has 1 aliphatic carbocycles. The summed E-state index contributed by atoms with van der Waals surface area (Å²) in [6, 6.07) is 0. The molecule has 2 atom stereocenters. The third-order valence-electron chi connectivity index (χ3n) is 6.28. The van der Waals surface area contributed by atoms with Crippen molar-refractivity contribution in [3.05, 3.63) is 46.0 Å². The molecule has 5 nitrogen and oxygen atoms in total. The molecule has 0 aromatic carbocycles. The van der Waals surface area contributed by atoms with Crippen molar-refractivity contribution in [2.24, 2.45) is 11.3 Å². The molecule has 2 aliphatic rings. The standard InChI is InChI=1S/C27H40O5/c1-16(2)9-11-19-23(29)22(20(28)12-10-17(3)4)24(30)27(14-13-18(5)6)15-21(26(7,8)31)32-25(19)27/h9,13,17,21,29,31H,10-12,14-15H2,1-8H3/t21-,27-/m1/s1. The molecule has 5 heteroatoms. The zero-order valence-electron chi connectivity index (χ0n) is 21.0. The van der Waals surface area contributed by atoms with E-state index >= 15 is 0 Å². The van der Waals surface area contributed by atoms with E-state index in [-0.39, 0.29) is 35.7 Å². The number of ketones is 2. The smallest absolute Gasteiger partial charge is 0.184 e. The van der Waals surface area contributed by atoms with E-state index in [1.807, 2.05) is 53.7 Å². The van der Waals surface area contributed by atoms with Gasteiger partial charge in [0.15, 0.2) is 11.6 Å². The second-order valence-electron chi connectivity index (χ2n) is 10.7.